The molecule has 0 unspecified atom stereocenters. The molecule has 0 radical (unpaired) electrons. The van der Waals surface area contributed by atoms with Crippen LogP contribution in [0, 0.1) is 5.82 Å². The third-order valence-electron chi connectivity index (χ3n) is 3.44. The van der Waals surface area contributed by atoms with Crippen LogP contribution < -0.4 is 5.32 Å². The van der Waals surface area contributed by atoms with Crippen LogP contribution in [-0.2, 0) is 19.4 Å². The lowest BCUT2D eigenvalue weighted by Crippen LogP contribution is -2.26. The summed E-state index contributed by atoms with van der Waals surface area (Å²) in [7, 11) is 0. The maximum atomic E-state index is 13.3. The van der Waals surface area contributed by atoms with E-state index in [4.69, 9.17) is 0 Å². The van der Waals surface area contributed by atoms with Gasteiger partial charge in [-0.2, -0.15) is 0 Å². The molecule has 0 atom stereocenters. The number of aryl methyl sites for hydroxylation is 1. The molecule has 1 aromatic heterocycles. The summed E-state index contributed by atoms with van der Waals surface area (Å²) >= 11 is 0. The Morgan fingerprint density at radius 3 is 3.00 bits per heavy atom. The standard InChI is InChI=1S/C15H16FN3/c1-2-13-12-6-7-17-9-14(12)19-15(18-13)10-4-3-5-11(16)8-10/h3-5,8,17H,2,6-7,9H2,1H3. The second-order valence-corrected chi connectivity index (χ2v) is 4.71. The van der Waals surface area contributed by atoms with Crippen molar-refractivity contribution in [2.24, 2.45) is 0 Å². The number of benzene rings is 1. The van der Waals surface area contributed by atoms with E-state index in [0.717, 1.165) is 42.9 Å². The van der Waals surface area contributed by atoms with E-state index in [0.29, 0.717) is 5.82 Å². The second kappa shape index (κ2) is 5.05. The van der Waals surface area contributed by atoms with E-state index in [-0.39, 0.29) is 5.82 Å². The average Bonchev–Trinajstić information content (AvgIpc) is 2.46. The Labute approximate surface area is 111 Å². The normalized spacial score (nSPS) is 14.2. The van der Waals surface area contributed by atoms with Crippen molar-refractivity contribution in [2.75, 3.05) is 6.54 Å². The van der Waals surface area contributed by atoms with Gasteiger partial charge in [0.1, 0.15) is 5.82 Å². The molecule has 0 spiro atoms. The van der Waals surface area contributed by atoms with Gasteiger partial charge in [0.25, 0.3) is 0 Å². The van der Waals surface area contributed by atoms with Crippen molar-refractivity contribution in [1.82, 2.24) is 15.3 Å². The summed E-state index contributed by atoms with van der Waals surface area (Å²) in [6.07, 6.45) is 1.86. The monoisotopic (exact) mass is 257 g/mol. The molecule has 0 fully saturated rings. The van der Waals surface area contributed by atoms with E-state index >= 15 is 0 Å². The molecule has 2 heterocycles. The topological polar surface area (TPSA) is 37.8 Å². The van der Waals surface area contributed by atoms with Crippen LogP contribution in [0.3, 0.4) is 0 Å². The van der Waals surface area contributed by atoms with E-state index < -0.39 is 0 Å². The fourth-order valence-electron chi connectivity index (χ4n) is 2.49. The molecule has 0 aliphatic carbocycles. The van der Waals surface area contributed by atoms with Crippen LogP contribution in [0.25, 0.3) is 11.4 Å². The molecule has 19 heavy (non-hydrogen) atoms. The smallest absolute Gasteiger partial charge is 0.159 e. The average molecular weight is 257 g/mol. The Bertz CT molecular complexity index is 593. The van der Waals surface area contributed by atoms with Gasteiger partial charge in [0, 0.05) is 17.8 Å². The van der Waals surface area contributed by atoms with E-state index in [9.17, 15) is 4.39 Å². The van der Waals surface area contributed by atoms with Gasteiger partial charge in [-0.25, -0.2) is 14.4 Å². The van der Waals surface area contributed by atoms with Crippen LogP contribution in [0.4, 0.5) is 4.39 Å². The van der Waals surface area contributed by atoms with Crippen molar-refractivity contribution in [2.45, 2.75) is 26.3 Å². The Balaban J connectivity index is 2.12. The fourth-order valence-corrected chi connectivity index (χ4v) is 2.49. The molecule has 3 rings (SSSR count). The Hall–Kier alpha value is -1.81. The van der Waals surface area contributed by atoms with Crippen molar-refractivity contribution in [3.05, 3.63) is 47.0 Å². The van der Waals surface area contributed by atoms with Crippen molar-refractivity contribution in [3.63, 3.8) is 0 Å². The van der Waals surface area contributed by atoms with Crippen molar-refractivity contribution in [3.8, 4) is 11.4 Å². The zero-order valence-electron chi connectivity index (χ0n) is 10.9. The number of nitrogens with zero attached hydrogens (tertiary/aromatic N) is 2. The van der Waals surface area contributed by atoms with Gasteiger partial charge < -0.3 is 5.32 Å². The lowest BCUT2D eigenvalue weighted by Gasteiger charge is -2.19. The molecule has 0 saturated carbocycles. The number of aromatic nitrogens is 2. The summed E-state index contributed by atoms with van der Waals surface area (Å²) < 4.78 is 13.3. The summed E-state index contributed by atoms with van der Waals surface area (Å²) in [4.78, 5) is 9.20. The molecule has 1 N–H and O–H groups in total. The Morgan fingerprint density at radius 1 is 1.32 bits per heavy atom. The third-order valence-corrected chi connectivity index (χ3v) is 3.44. The highest BCUT2D eigenvalue weighted by Crippen LogP contribution is 2.22. The largest absolute Gasteiger partial charge is 0.311 e. The predicted octanol–water partition coefficient (Wildman–Crippen LogP) is 2.49. The molecule has 0 bridgehead atoms. The van der Waals surface area contributed by atoms with Gasteiger partial charge in [0.2, 0.25) is 0 Å². The molecule has 1 aliphatic rings. The first kappa shape index (κ1) is 12.2. The number of rotatable bonds is 2. The second-order valence-electron chi connectivity index (χ2n) is 4.71. The van der Waals surface area contributed by atoms with Crippen LogP contribution in [-0.4, -0.2) is 16.5 Å². The quantitative estimate of drug-likeness (QED) is 0.898. The van der Waals surface area contributed by atoms with Crippen molar-refractivity contribution < 1.29 is 4.39 Å². The Kier molecular flexibility index (Phi) is 3.25. The van der Waals surface area contributed by atoms with Crippen LogP contribution in [0.1, 0.15) is 23.9 Å². The van der Waals surface area contributed by atoms with E-state index in [1.807, 2.05) is 6.07 Å². The fraction of sp³-hybridized carbons (Fsp3) is 0.333. The van der Waals surface area contributed by atoms with Crippen LogP contribution in [0.2, 0.25) is 0 Å². The predicted molar refractivity (Wildman–Crippen MR) is 72.2 cm³/mol. The number of hydrogen-bond donors (Lipinski definition) is 1. The summed E-state index contributed by atoms with van der Waals surface area (Å²) in [5, 5.41) is 3.32. The van der Waals surface area contributed by atoms with Gasteiger partial charge in [0.05, 0.1) is 5.69 Å². The molecular weight excluding hydrogens is 241 g/mol. The van der Waals surface area contributed by atoms with Crippen molar-refractivity contribution in [1.29, 1.82) is 0 Å². The number of halogens is 1. The van der Waals surface area contributed by atoms with Gasteiger partial charge in [-0.15, -0.1) is 0 Å². The van der Waals surface area contributed by atoms with Crippen molar-refractivity contribution >= 4 is 0 Å². The minimum atomic E-state index is -0.255. The number of hydrogen-bond acceptors (Lipinski definition) is 3. The van der Waals surface area contributed by atoms with E-state index in [2.05, 4.69) is 22.2 Å². The van der Waals surface area contributed by atoms with Gasteiger partial charge in [-0.05, 0) is 37.1 Å². The van der Waals surface area contributed by atoms with Gasteiger partial charge in [0.15, 0.2) is 5.82 Å². The minimum absolute atomic E-state index is 0.255. The summed E-state index contributed by atoms with van der Waals surface area (Å²) in [5.74, 6) is 0.369. The van der Waals surface area contributed by atoms with Crippen LogP contribution in [0.5, 0.6) is 0 Å². The van der Waals surface area contributed by atoms with Gasteiger partial charge in [-0.1, -0.05) is 19.1 Å². The molecule has 0 saturated heterocycles. The van der Waals surface area contributed by atoms with Crippen LogP contribution >= 0.6 is 0 Å². The molecular formula is C15H16FN3. The minimum Gasteiger partial charge on any atom is -0.311 e. The highest BCUT2D eigenvalue weighted by Gasteiger charge is 2.17. The molecule has 4 heteroatoms. The maximum Gasteiger partial charge on any atom is 0.159 e. The Morgan fingerprint density at radius 2 is 2.21 bits per heavy atom. The maximum absolute atomic E-state index is 13.3. The van der Waals surface area contributed by atoms with E-state index in [1.54, 1.807) is 6.07 Å². The summed E-state index contributed by atoms with van der Waals surface area (Å²) in [6.45, 7) is 3.84. The molecule has 98 valence electrons. The first-order valence-corrected chi connectivity index (χ1v) is 6.63. The highest BCUT2D eigenvalue weighted by molar-refractivity contribution is 5.56. The van der Waals surface area contributed by atoms with Gasteiger partial charge >= 0.3 is 0 Å². The summed E-state index contributed by atoms with van der Waals surface area (Å²) in [6, 6.07) is 6.46. The van der Waals surface area contributed by atoms with Gasteiger partial charge in [-0.3, -0.25) is 0 Å². The molecule has 1 aliphatic heterocycles. The zero-order valence-corrected chi connectivity index (χ0v) is 10.9. The first-order chi connectivity index (χ1) is 9.28. The van der Waals surface area contributed by atoms with E-state index in [1.165, 1.54) is 17.7 Å². The molecule has 2 aromatic rings. The highest BCUT2D eigenvalue weighted by atomic mass is 19.1. The van der Waals surface area contributed by atoms with Crippen LogP contribution in [0.15, 0.2) is 24.3 Å². The molecule has 1 aromatic carbocycles. The third kappa shape index (κ3) is 2.36. The lowest BCUT2D eigenvalue weighted by molar-refractivity contribution is 0.616. The summed E-state index contributed by atoms with van der Waals surface area (Å²) in [5.41, 5.74) is 4.15. The molecule has 0 amide bonds. The number of nitrogens with one attached hydrogen (secondary N) is 1. The molecule has 3 nitrogen and oxygen atoms in total. The zero-order chi connectivity index (χ0) is 13.2. The number of fused-ring (bicyclic) bond motifs is 1. The SMILES string of the molecule is CCc1nc(-c2cccc(F)c2)nc2c1CCNC2. The first-order valence-electron chi connectivity index (χ1n) is 6.63. The lowest BCUT2D eigenvalue weighted by atomic mass is 10.0.